The Bertz CT molecular complexity index is 1100. The van der Waals surface area contributed by atoms with E-state index < -0.39 is 0 Å². The lowest BCUT2D eigenvalue weighted by atomic mass is 10.1. The third-order valence-corrected chi connectivity index (χ3v) is 7.04. The highest BCUT2D eigenvalue weighted by Gasteiger charge is 2.26. The number of thioether (sulfide) groups is 1. The number of nitrogens with zero attached hydrogens (tertiary/aromatic N) is 6. The van der Waals surface area contributed by atoms with Crippen molar-refractivity contribution >= 4 is 17.5 Å². The summed E-state index contributed by atoms with van der Waals surface area (Å²) in [5.41, 5.74) is 3.30. The van der Waals surface area contributed by atoms with Crippen LogP contribution in [-0.4, -0.2) is 61.4 Å². The first-order chi connectivity index (χ1) is 15.2. The summed E-state index contributed by atoms with van der Waals surface area (Å²) in [5, 5.41) is 5.17. The van der Waals surface area contributed by atoms with Crippen molar-refractivity contribution in [1.82, 2.24) is 29.0 Å². The SMILES string of the molecule is CSc1nc2n(CCN3CCCCC3)c3c(c(=O)n2n1)CN(Cc1ccccc1)CC3. The first-order valence-corrected chi connectivity index (χ1v) is 12.5. The fourth-order valence-corrected chi connectivity index (χ4v) is 5.20. The Morgan fingerprint density at radius 2 is 1.81 bits per heavy atom. The lowest BCUT2D eigenvalue weighted by molar-refractivity contribution is 0.215. The van der Waals surface area contributed by atoms with Gasteiger partial charge in [0.05, 0.1) is 5.56 Å². The average molecular weight is 439 g/mol. The number of aromatic nitrogens is 4. The van der Waals surface area contributed by atoms with Crippen LogP contribution in [0.5, 0.6) is 0 Å². The van der Waals surface area contributed by atoms with E-state index in [1.54, 1.807) is 0 Å². The minimum Gasteiger partial charge on any atom is -0.312 e. The molecule has 1 saturated heterocycles. The van der Waals surface area contributed by atoms with Gasteiger partial charge in [0, 0.05) is 44.8 Å². The molecule has 0 aliphatic carbocycles. The summed E-state index contributed by atoms with van der Waals surface area (Å²) >= 11 is 1.49. The topological polar surface area (TPSA) is 58.7 Å². The van der Waals surface area contributed by atoms with Crippen molar-refractivity contribution in [3.8, 4) is 0 Å². The number of likely N-dealkylation sites (tertiary alicyclic amines) is 1. The molecule has 164 valence electrons. The molecule has 0 spiro atoms. The first-order valence-electron chi connectivity index (χ1n) is 11.3. The molecule has 0 radical (unpaired) electrons. The molecule has 5 rings (SSSR count). The van der Waals surface area contributed by atoms with Crippen LogP contribution in [0.2, 0.25) is 0 Å². The minimum atomic E-state index is -0.00946. The van der Waals surface area contributed by atoms with Gasteiger partial charge >= 0.3 is 0 Å². The molecule has 7 nitrogen and oxygen atoms in total. The Labute approximate surface area is 187 Å². The zero-order valence-corrected chi connectivity index (χ0v) is 19.0. The van der Waals surface area contributed by atoms with Crippen LogP contribution >= 0.6 is 11.8 Å². The van der Waals surface area contributed by atoms with Crippen LogP contribution in [0.25, 0.3) is 5.78 Å². The summed E-state index contributed by atoms with van der Waals surface area (Å²) in [5.74, 6) is 0.696. The highest BCUT2D eigenvalue weighted by atomic mass is 32.2. The molecule has 0 N–H and O–H groups in total. The van der Waals surface area contributed by atoms with Crippen molar-refractivity contribution in [1.29, 1.82) is 0 Å². The van der Waals surface area contributed by atoms with Crippen molar-refractivity contribution in [2.45, 2.75) is 50.5 Å². The molecule has 0 bridgehead atoms. The van der Waals surface area contributed by atoms with E-state index in [-0.39, 0.29) is 5.56 Å². The van der Waals surface area contributed by atoms with Crippen LogP contribution in [0.3, 0.4) is 0 Å². The van der Waals surface area contributed by atoms with Crippen molar-refractivity contribution < 1.29 is 0 Å². The molecular formula is C23H30N6OS. The molecule has 1 aromatic carbocycles. The Morgan fingerprint density at radius 1 is 1.00 bits per heavy atom. The lowest BCUT2D eigenvalue weighted by Crippen LogP contribution is -2.40. The van der Waals surface area contributed by atoms with Crippen LogP contribution in [0.15, 0.2) is 40.3 Å². The van der Waals surface area contributed by atoms with Gasteiger partial charge in [-0.1, -0.05) is 48.5 Å². The number of benzene rings is 1. The fraction of sp³-hybridized carbons (Fsp3) is 0.522. The quantitative estimate of drug-likeness (QED) is 0.552. The summed E-state index contributed by atoms with van der Waals surface area (Å²) < 4.78 is 3.81. The highest BCUT2D eigenvalue weighted by molar-refractivity contribution is 7.98. The zero-order chi connectivity index (χ0) is 21.2. The van der Waals surface area contributed by atoms with Gasteiger partial charge < -0.3 is 9.47 Å². The Morgan fingerprint density at radius 3 is 2.58 bits per heavy atom. The monoisotopic (exact) mass is 438 g/mol. The van der Waals surface area contributed by atoms with Crippen LogP contribution in [-0.2, 0) is 26.1 Å². The van der Waals surface area contributed by atoms with Gasteiger partial charge in [-0.2, -0.15) is 9.50 Å². The van der Waals surface area contributed by atoms with E-state index in [4.69, 9.17) is 4.98 Å². The van der Waals surface area contributed by atoms with Gasteiger partial charge in [-0.3, -0.25) is 9.69 Å². The van der Waals surface area contributed by atoms with Gasteiger partial charge in [0.25, 0.3) is 5.56 Å². The number of fused-ring (bicyclic) bond motifs is 2. The second kappa shape index (κ2) is 9.14. The van der Waals surface area contributed by atoms with Crippen LogP contribution in [0, 0.1) is 0 Å². The molecular weight excluding hydrogens is 408 g/mol. The van der Waals surface area contributed by atoms with Crippen molar-refractivity contribution in [3.05, 3.63) is 57.5 Å². The molecule has 31 heavy (non-hydrogen) atoms. The molecule has 3 aromatic rings. The van der Waals surface area contributed by atoms with Gasteiger partial charge in [-0.05, 0) is 37.8 Å². The molecule has 2 aliphatic rings. The molecule has 0 amide bonds. The Kier molecular flexibility index (Phi) is 6.11. The maximum atomic E-state index is 13.4. The second-order valence-corrected chi connectivity index (χ2v) is 9.31. The summed E-state index contributed by atoms with van der Waals surface area (Å²) in [4.78, 5) is 23.0. The largest absolute Gasteiger partial charge is 0.312 e. The zero-order valence-electron chi connectivity index (χ0n) is 18.2. The van der Waals surface area contributed by atoms with Gasteiger partial charge in [-0.15, -0.1) is 5.10 Å². The van der Waals surface area contributed by atoms with Gasteiger partial charge in [-0.25, -0.2) is 0 Å². The summed E-state index contributed by atoms with van der Waals surface area (Å²) in [6.45, 7) is 6.68. The smallest absolute Gasteiger partial charge is 0.280 e. The number of hydrogen-bond acceptors (Lipinski definition) is 6. The molecule has 2 aliphatic heterocycles. The molecule has 1 fully saturated rings. The predicted octanol–water partition coefficient (Wildman–Crippen LogP) is 2.66. The Hall–Kier alpha value is -2.16. The molecule has 0 atom stereocenters. The van der Waals surface area contributed by atoms with Gasteiger partial charge in [0.2, 0.25) is 10.9 Å². The maximum absolute atomic E-state index is 13.4. The third kappa shape index (κ3) is 4.29. The van der Waals surface area contributed by atoms with E-state index in [1.165, 1.54) is 54.2 Å². The van der Waals surface area contributed by atoms with Crippen molar-refractivity contribution in [2.75, 3.05) is 32.4 Å². The van der Waals surface area contributed by atoms with Gasteiger partial charge in [0.1, 0.15) is 0 Å². The fourth-order valence-electron chi connectivity index (χ4n) is 4.87. The number of rotatable bonds is 6. The second-order valence-electron chi connectivity index (χ2n) is 8.54. The summed E-state index contributed by atoms with van der Waals surface area (Å²) in [6.07, 6.45) is 6.74. The first kappa shape index (κ1) is 20.7. The Balaban J connectivity index is 1.48. The van der Waals surface area contributed by atoms with Crippen LogP contribution in [0.4, 0.5) is 0 Å². The van der Waals surface area contributed by atoms with E-state index in [0.29, 0.717) is 17.5 Å². The average Bonchev–Trinajstić information content (AvgIpc) is 3.25. The van der Waals surface area contributed by atoms with E-state index >= 15 is 0 Å². The molecule has 4 heterocycles. The third-order valence-electron chi connectivity index (χ3n) is 6.50. The minimum absolute atomic E-state index is 0.00946. The summed E-state index contributed by atoms with van der Waals surface area (Å²) in [7, 11) is 0. The van der Waals surface area contributed by atoms with E-state index in [2.05, 4.69) is 43.7 Å². The van der Waals surface area contributed by atoms with E-state index in [9.17, 15) is 4.79 Å². The molecule has 2 aromatic heterocycles. The normalized spacial score (nSPS) is 17.8. The van der Waals surface area contributed by atoms with Crippen LogP contribution < -0.4 is 5.56 Å². The highest BCUT2D eigenvalue weighted by Crippen LogP contribution is 2.21. The summed E-state index contributed by atoms with van der Waals surface area (Å²) in [6, 6.07) is 10.5. The van der Waals surface area contributed by atoms with Crippen molar-refractivity contribution in [2.24, 2.45) is 0 Å². The molecule has 0 saturated carbocycles. The van der Waals surface area contributed by atoms with E-state index in [0.717, 1.165) is 43.9 Å². The van der Waals surface area contributed by atoms with E-state index in [1.807, 2.05) is 12.3 Å². The van der Waals surface area contributed by atoms with Crippen molar-refractivity contribution in [3.63, 3.8) is 0 Å². The lowest BCUT2D eigenvalue weighted by Gasteiger charge is -2.31. The molecule has 8 heteroatoms. The maximum Gasteiger partial charge on any atom is 0.280 e. The molecule has 0 unspecified atom stereocenters. The van der Waals surface area contributed by atoms with Gasteiger partial charge in [0.15, 0.2) is 0 Å². The standard InChI is InChI=1S/C23H30N6OS/c1-31-22-24-23-28(15-14-26-11-6-3-7-12-26)20-10-13-27(16-18-8-4-2-5-9-18)17-19(20)21(30)29(23)25-22/h2,4-5,8-9H,3,6-7,10-17H2,1H3. The predicted molar refractivity (Wildman–Crippen MR) is 124 cm³/mol. The number of hydrogen-bond donors (Lipinski definition) is 0. The number of piperidine rings is 1. The van der Waals surface area contributed by atoms with Crippen LogP contribution in [0.1, 0.15) is 36.1 Å².